The number of nitrogen functional groups attached to an aromatic ring is 1. The zero-order valence-corrected chi connectivity index (χ0v) is 10.7. The SMILES string of the molecule is CCN(CC)CCCNc1ccc(F)cc1N. The van der Waals surface area contributed by atoms with Crippen LogP contribution in [0.15, 0.2) is 18.2 Å². The van der Waals surface area contributed by atoms with Crippen molar-refractivity contribution >= 4 is 11.4 Å². The molecule has 1 rings (SSSR count). The third-order valence-electron chi connectivity index (χ3n) is 2.87. The van der Waals surface area contributed by atoms with E-state index in [1.807, 2.05) is 0 Å². The molecule has 0 saturated heterocycles. The monoisotopic (exact) mass is 239 g/mol. The maximum absolute atomic E-state index is 12.8. The molecule has 0 heterocycles. The van der Waals surface area contributed by atoms with Gasteiger partial charge in [0, 0.05) is 6.54 Å². The van der Waals surface area contributed by atoms with Crippen LogP contribution in [-0.2, 0) is 0 Å². The molecule has 0 aliphatic rings. The highest BCUT2D eigenvalue weighted by atomic mass is 19.1. The number of hydrogen-bond acceptors (Lipinski definition) is 3. The summed E-state index contributed by atoms with van der Waals surface area (Å²) in [6.45, 7) is 8.40. The number of nitrogens with zero attached hydrogens (tertiary/aromatic N) is 1. The Morgan fingerprint density at radius 2 is 2.00 bits per heavy atom. The van der Waals surface area contributed by atoms with E-state index < -0.39 is 0 Å². The van der Waals surface area contributed by atoms with Crippen molar-refractivity contribution in [2.75, 3.05) is 37.2 Å². The van der Waals surface area contributed by atoms with Crippen LogP contribution in [0.2, 0.25) is 0 Å². The number of halogens is 1. The van der Waals surface area contributed by atoms with Gasteiger partial charge in [-0.25, -0.2) is 4.39 Å². The summed E-state index contributed by atoms with van der Waals surface area (Å²) < 4.78 is 12.8. The molecule has 0 atom stereocenters. The largest absolute Gasteiger partial charge is 0.397 e. The van der Waals surface area contributed by atoms with Gasteiger partial charge in [-0.05, 0) is 44.3 Å². The van der Waals surface area contributed by atoms with E-state index in [1.165, 1.54) is 12.1 Å². The van der Waals surface area contributed by atoms with Crippen molar-refractivity contribution in [2.45, 2.75) is 20.3 Å². The summed E-state index contributed by atoms with van der Waals surface area (Å²) in [4.78, 5) is 2.37. The lowest BCUT2D eigenvalue weighted by atomic mass is 10.2. The van der Waals surface area contributed by atoms with E-state index in [0.29, 0.717) is 5.69 Å². The second kappa shape index (κ2) is 7.12. The fourth-order valence-corrected chi connectivity index (χ4v) is 1.76. The third-order valence-corrected chi connectivity index (χ3v) is 2.87. The lowest BCUT2D eigenvalue weighted by Crippen LogP contribution is -2.25. The minimum absolute atomic E-state index is 0.295. The van der Waals surface area contributed by atoms with E-state index in [9.17, 15) is 4.39 Å². The summed E-state index contributed by atoms with van der Waals surface area (Å²) in [5, 5.41) is 3.23. The van der Waals surface area contributed by atoms with Crippen LogP contribution in [0, 0.1) is 5.82 Å². The molecular formula is C13H22FN3. The summed E-state index contributed by atoms with van der Waals surface area (Å²) in [6, 6.07) is 4.44. The zero-order chi connectivity index (χ0) is 12.7. The Balaban J connectivity index is 2.31. The Hall–Kier alpha value is -1.29. The van der Waals surface area contributed by atoms with Gasteiger partial charge in [0.15, 0.2) is 0 Å². The highest BCUT2D eigenvalue weighted by molar-refractivity contribution is 5.65. The predicted molar refractivity (Wildman–Crippen MR) is 71.7 cm³/mol. The van der Waals surface area contributed by atoms with Crippen molar-refractivity contribution in [3.63, 3.8) is 0 Å². The van der Waals surface area contributed by atoms with Crippen LogP contribution in [0.5, 0.6) is 0 Å². The number of hydrogen-bond donors (Lipinski definition) is 2. The molecule has 0 saturated carbocycles. The molecule has 1 aromatic rings. The van der Waals surface area contributed by atoms with E-state index in [2.05, 4.69) is 24.1 Å². The molecule has 0 amide bonds. The Morgan fingerprint density at radius 3 is 2.59 bits per heavy atom. The quantitative estimate of drug-likeness (QED) is 0.567. The van der Waals surface area contributed by atoms with E-state index >= 15 is 0 Å². The van der Waals surface area contributed by atoms with Gasteiger partial charge in [-0.2, -0.15) is 0 Å². The van der Waals surface area contributed by atoms with Crippen LogP contribution in [0.25, 0.3) is 0 Å². The maximum Gasteiger partial charge on any atom is 0.125 e. The van der Waals surface area contributed by atoms with Gasteiger partial charge in [-0.3, -0.25) is 0 Å². The number of nitrogens with one attached hydrogen (secondary N) is 1. The molecule has 3 nitrogen and oxygen atoms in total. The van der Waals surface area contributed by atoms with Crippen molar-refractivity contribution in [2.24, 2.45) is 0 Å². The van der Waals surface area contributed by atoms with Gasteiger partial charge in [0.1, 0.15) is 5.82 Å². The van der Waals surface area contributed by atoms with Gasteiger partial charge in [0.25, 0.3) is 0 Å². The van der Waals surface area contributed by atoms with Gasteiger partial charge < -0.3 is 16.0 Å². The van der Waals surface area contributed by atoms with Crippen LogP contribution < -0.4 is 11.1 Å². The summed E-state index contributed by atoms with van der Waals surface area (Å²) >= 11 is 0. The molecule has 0 aliphatic heterocycles. The lowest BCUT2D eigenvalue weighted by molar-refractivity contribution is 0.303. The number of nitrogens with two attached hydrogens (primary N) is 1. The summed E-state index contributed by atoms with van der Waals surface area (Å²) in [6.07, 6.45) is 1.05. The Labute approximate surface area is 103 Å². The normalized spacial score (nSPS) is 10.8. The predicted octanol–water partition coefficient (Wildman–Crippen LogP) is 2.55. The summed E-state index contributed by atoms with van der Waals surface area (Å²) in [5.74, 6) is -0.295. The minimum atomic E-state index is -0.295. The Kier molecular flexibility index (Phi) is 5.77. The molecule has 0 spiro atoms. The molecule has 0 fully saturated rings. The van der Waals surface area contributed by atoms with Crippen molar-refractivity contribution < 1.29 is 4.39 Å². The maximum atomic E-state index is 12.8. The van der Waals surface area contributed by atoms with Gasteiger partial charge in [0.05, 0.1) is 11.4 Å². The first-order valence-corrected chi connectivity index (χ1v) is 6.18. The first kappa shape index (κ1) is 13.8. The fraction of sp³-hybridized carbons (Fsp3) is 0.538. The topological polar surface area (TPSA) is 41.3 Å². The van der Waals surface area contributed by atoms with Gasteiger partial charge in [-0.1, -0.05) is 13.8 Å². The van der Waals surface area contributed by atoms with Crippen LogP contribution in [0.3, 0.4) is 0 Å². The molecule has 17 heavy (non-hydrogen) atoms. The Bertz CT molecular complexity index is 337. The molecule has 0 unspecified atom stereocenters. The van der Waals surface area contributed by atoms with Crippen LogP contribution in [0.4, 0.5) is 15.8 Å². The van der Waals surface area contributed by atoms with Gasteiger partial charge >= 0.3 is 0 Å². The third kappa shape index (κ3) is 4.61. The van der Waals surface area contributed by atoms with Crippen LogP contribution >= 0.6 is 0 Å². The van der Waals surface area contributed by atoms with Crippen molar-refractivity contribution in [1.82, 2.24) is 4.90 Å². The highest BCUT2D eigenvalue weighted by Gasteiger charge is 2.01. The second-order valence-corrected chi connectivity index (χ2v) is 4.04. The number of benzene rings is 1. The van der Waals surface area contributed by atoms with Crippen molar-refractivity contribution in [3.05, 3.63) is 24.0 Å². The molecule has 0 aromatic heterocycles. The van der Waals surface area contributed by atoms with E-state index in [4.69, 9.17) is 5.73 Å². The molecule has 0 bridgehead atoms. The standard InChI is InChI=1S/C13H22FN3/c1-3-17(4-2)9-5-8-16-13-7-6-11(14)10-12(13)15/h6-7,10,16H,3-5,8-9,15H2,1-2H3. The van der Waals surface area contributed by atoms with Gasteiger partial charge in [0.2, 0.25) is 0 Å². The molecule has 96 valence electrons. The summed E-state index contributed by atoms with van der Waals surface area (Å²) in [5.41, 5.74) is 6.98. The number of rotatable bonds is 7. The average Bonchev–Trinajstić information content (AvgIpc) is 2.32. The first-order valence-electron chi connectivity index (χ1n) is 6.18. The number of anilines is 2. The average molecular weight is 239 g/mol. The van der Waals surface area contributed by atoms with E-state index in [0.717, 1.165) is 38.3 Å². The molecular weight excluding hydrogens is 217 g/mol. The molecule has 0 radical (unpaired) electrons. The highest BCUT2D eigenvalue weighted by Crippen LogP contribution is 2.18. The summed E-state index contributed by atoms with van der Waals surface area (Å²) in [7, 11) is 0. The van der Waals surface area contributed by atoms with Crippen molar-refractivity contribution in [3.8, 4) is 0 Å². The lowest BCUT2D eigenvalue weighted by Gasteiger charge is -2.18. The molecule has 0 aliphatic carbocycles. The fourth-order valence-electron chi connectivity index (χ4n) is 1.76. The van der Waals surface area contributed by atoms with Crippen LogP contribution in [-0.4, -0.2) is 31.1 Å². The minimum Gasteiger partial charge on any atom is -0.397 e. The smallest absolute Gasteiger partial charge is 0.125 e. The first-order chi connectivity index (χ1) is 8.17. The van der Waals surface area contributed by atoms with Gasteiger partial charge in [-0.15, -0.1) is 0 Å². The van der Waals surface area contributed by atoms with E-state index in [-0.39, 0.29) is 5.82 Å². The molecule has 1 aromatic carbocycles. The van der Waals surface area contributed by atoms with Crippen LogP contribution in [0.1, 0.15) is 20.3 Å². The Morgan fingerprint density at radius 1 is 1.29 bits per heavy atom. The zero-order valence-electron chi connectivity index (χ0n) is 10.7. The molecule has 3 N–H and O–H groups in total. The molecule has 4 heteroatoms. The second-order valence-electron chi connectivity index (χ2n) is 4.04. The van der Waals surface area contributed by atoms with E-state index in [1.54, 1.807) is 6.07 Å². The van der Waals surface area contributed by atoms with Crippen molar-refractivity contribution in [1.29, 1.82) is 0 Å².